The third kappa shape index (κ3) is 3.23. The molecule has 1 nitrogen and oxygen atoms in total. The Hall–Kier alpha value is -0.530. The Morgan fingerprint density at radius 1 is 1.12 bits per heavy atom. The second-order valence-electron chi connectivity index (χ2n) is 4.57. The van der Waals surface area contributed by atoms with Crippen molar-refractivity contribution in [3.63, 3.8) is 0 Å². The fourth-order valence-corrected chi connectivity index (χ4v) is 2.62. The zero-order valence-corrected chi connectivity index (χ0v) is 10.5. The summed E-state index contributed by atoms with van der Waals surface area (Å²) in [5.74, 6) is 1.56. The summed E-state index contributed by atoms with van der Waals surface area (Å²) in [5.41, 5.74) is 1.51. The van der Waals surface area contributed by atoms with Crippen LogP contribution in [0.15, 0.2) is 30.3 Å². The van der Waals surface area contributed by atoms with Crippen molar-refractivity contribution in [2.45, 2.75) is 25.2 Å². The van der Waals surface area contributed by atoms with Crippen molar-refractivity contribution >= 4 is 11.6 Å². The number of hydrogen-bond acceptors (Lipinski definition) is 1. The van der Waals surface area contributed by atoms with Crippen LogP contribution >= 0.6 is 11.6 Å². The van der Waals surface area contributed by atoms with Gasteiger partial charge in [-0.15, -0.1) is 11.6 Å². The first kappa shape index (κ1) is 11.9. The first-order valence-electron chi connectivity index (χ1n) is 6.23. The summed E-state index contributed by atoms with van der Waals surface area (Å²) in [7, 11) is 0. The molecule has 1 saturated heterocycles. The Labute approximate surface area is 103 Å². The molecule has 0 aliphatic carbocycles. The van der Waals surface area contributed by atoms with Crippen LogP contribution in [-0.2, 0) is 0 Å². The van der Waals surface area contributed by atoms with Crippen LogP contribution in [0.5, 0.6) is 0 Å². The number of benzene rings is 1. The molecule has 1 fully saturated rings. The van der Waals surface area contributed by atoms with Crippen LogP contribution in [0.1, 0.15) is 30.7 Å². The SMILES string of the molecule is ClCCCN1CCC(c2ccccc2)CC1. The van der Waals surface area contributed by atoms with Crippen LogP contribution in [-0.4, -0.2) is 30.4 Å². The summed E-state index contributed by atoms with van der Waals surface area (Å²) in [4.78, 5) is 2.54. The molecule has 1 heterocycles. The molecule has 1 aromatic rings. The summed E-state index contributed by atoms with van der Waals surface area (Å²) in [6, 6.07) is 10.9. The van der Waals surface area contributed by atoms with E-state index in [0.717, 1.165) is 18.2 Å². The molecule has 0 saturated carbocycles. The first-order chi connectivity index (χ1) is 7.90. The van der Waals surface area contributed by atoms with Crippen molar-refractivity contribution in [2.24, 2.45) is 0 Å². The topological polar surface area (TPSA) is 3.24 Å². The monoisotopic (exact) mass is 237 g/mol. The summed E-state index contributed by atoms with van der Waals surface area (Å²) in [6.45, 7) is 3.64. The zero-order valence-electron chi connectivity index (χ0n) is 9.74. The Bertz CT molecular complexity index is 291. The second-order valence-corrected chi connectivity index (χ2v) is 4.95. The number of nitrogens with zero attached hydrogens (tertiary/aromatic N) is 1. The van der Waals surface area contributed by atoms with E-state index < -0.39 is 0 Å². The van der Waals surface area contributed by atoms with Crippen molar-refractivity contribution in [2.75, 3.05) is 25.5 Å². The number of likely N-dealkylation sites (tertiary alicyclic amines) is 1. The number of piperidine rings is 1. The van der Waals surface area contributed by atoms with Gasteiger partial charge in [0.15, 0.2) is 0 Å². The van der Waals surface area contributed by atoms with Gasteiger partial charge in [0.2, 0.25) is 0 Å². The van der Waals surface area contributed by atoms with E-state index in [1.165, 1.54) is 38.0 Å². The molecular weight excluding hydrogens is 218 g/mol. The highest BCUT2D eigenvalue weighted by Gasteiger charge is 2.19. The molecule has 2 rings (SSSR count). The van der Waals surface area contributed by atoms with Crippen molar-refractivity contribution < 1.29 is 0 Å². The van der Waals surface area contributed by atoms with Gasteiger partial charge in [-0.1, -0.05) is 30.3 Å². The fourth-order valence-electron chi connectivity index (χ4n) is 2.50. The normalized spacial score (nSPS) is 18.8. The van der Waals surface area contributed by atoms with E-state index >= 15 is 0 Å². The minimum Gasteiger partial charge on any atom is -0.303 e. The molecule has 1 aliphatic heterocycles. The van der Waals surface area contributed by atoms with Crippen molar-refractivity contribution in [3.8, 4) is 0 Å². The third-order valence-corrected chi connectivity index (χ3v) is 3.73. The van der Waals surface area contributed by atoms with Crippen molar-refractivity contribution in [1.29, 1.82) is 0 Å². The molecule has 88 valence electrons. The average Bonchev–Trinajstić information content (AvgIpc) is 2.38. The van der Waals surface area contributed by atoms with Crippen LogP contribution in [0.4, 0.5) is 0 Å². The van der Waals surface area contributed by atoms with Gasteiger partial charge in [0.05, 0.1) is 0 Å². The number of halogens is 1. The van der Waals surface area contributed by atoms with Gasteiger partial charge in [-0.25, -0.2) is 0 Å². The largest absolute Gasteiger partial charge is 0.303 e. The summed E-state index contributed by atoms with van der Waals surface area (Å²) in [6.07, 6.45) is 3.72. The van der Waals surface area contributed by atoms with Crippen molar-refractivity contribution in [3.05, 3.63) is 35.9 Å². The maximum atomic E-state index is 5.72. The average molecular weight is 238 g/mol. The highest BCUT2D eigenvalue weighted by atomic mass is 35.5. The molecule has 16 heavy (non-hydrogen) atoms. The Morgan fingerprint density at radius 2 is 1.81 bits per heavy atom. The zero-order chi connectivity index (χ0) is 11.2. The second kappa shape index (κ2) is 6.27. The highest BCUT2D eigenvalue weighted by molar-refractivity contribution is 6.17. The van der Waals surface area contributed by atoms with E-state index in [2.05, 4.69) is 35.2 Å². The summed E-state index contributed by atoms with van der Waals surface area (Å²) < 4.78 is 0. The quantitative estimate of drug-likeness (QED) is 0.725. The molecule has 0 spiro atoms. The molecule has 0 unspecified atom stereocenters. The minimum absolute atomic E-state index is 0.772. The minimum atomic E-state index is 0.772. The van der Waals surface area contributed by atoms with Gasteiger partial charge in [0, 0.05) is 5.88 Å². The first-order valence-corrected chi connectivity index (χ1v) is 6.77. The summed E-state index contributed by atoms with van der Waals surface area (Å²) in [5, 5.41) is 0. The fraction of sp³-hybridized carbons (Fsp3) is 0.571. The molecule has 1 aliphatic rings. The molecule has 0 bridgehead atoms. The van der Waals surface area contributed by atoms with E-state index in [9.17, 15) is 0 Å². The molecule has 0 radical (unpaired) electrons. The molecule has 0 aromatic heterocycles. The predicted molar refractivity (Wildman–Crippen MR) is 70.2 cm³/mol. The van der Waals surface area contributed by atoms with E-state index in [1.807, 2.05) is 0 Å². The number of rotatable bonds is 4. The lowest BCUT2D eigenvalue weighted by molar-refractivity contribution is 0.213. The Morgan fingerprint density at radius 3 is 2.44 bits per heavy atom. The van der Waals surface area contributed by atoms with Gasteiger partial charge in [-0.2, -0.15) is 0 Å². The van der Waals surface area contributed by atoms with E-state index in [-0.39, 0.29) is 0 Å². The Balaban J connectivity index is 1.81. The number of alkyl halides is 1. The lowest BCUT2D eigenvalue weighted by Crippen LogP contribution is -2.33. The lowest BCUT2D eigenvalue weighted by atomic mass is 9.89. The van der Waals surface area contributed by atoms with Crippen LogP contribution < -0.4 is 0 Å². The third-order valence-electron chi connectivity index (χ3n) is 3.47. The van der Waals surface area contributed by atoms with Gasteiger partial charge in [0.25, 0.3) is 0 Å². The molecular formula is C14H20ClN. The van der Waals surface area contributed by atoms with Crippen LogP contribution in [0.2, 0.25) is 0 Å². The van der Waals surface area contributed by atoms with Crippen LogP contribution in [0.3, 0.4) is 0 Å². The molecule has 2 heteroatoms. The predicted octanol–water partition coefficient (Wildman–Crippen LogP) is 3.49. The maximum Gasteiger partial charge on any atom is 0.0235 e. The highest BCUT2D eigenvalue weighted by Crippen LogP contribution is 2.27. The van der Waals surface area contributed by atoms with Gasteiger partial charge < -0.3 is 4.90 Å². The van der Waals surface area contributed by atoms with E-state index in [4.69, 9.17) is 11.6 Å². The van der Waals surface area contributed by atoms with E-state index in [1.54, 1.807) is 0 Å². The lowest BCUT2D eigenvalue weighted by Gasteiger charge is -2.32. The molecule has 0 atom stereocenters. The Kier molecular flexibility index (Phi) is 4.68. The van der Waals surface area contributed by atoms with Gasteiger partial charge in [-0.05, 0) is 50.4 Å². The van der Waals surface area contributed by atoms with E-state index in [0.29, 0.717) is 0 Å². The maximum absolute atomic E-state index is 5.72. The molecule has 0 amide bonds. The smallest absolute Gasteiger partial charge is 0.0235 e. The van der Waals surface area contributed by atoms with Crippen LogP contribution in [0.25, 0.3) is 0 Å². The van der Waals surface area contributed by atoms with Gasteiger partial charge >= 0.3 is 0 Å². The molecule has 0 N–H and O–H groups in total. The van der Waals surface area contributed by atoms with Gasteiger partial charge in [-0.3, -0.25) is 0 Å². The van der Waals surface area contributed by atoms with Gasteiger partial charge in [0.1, 0.15) is 0 Å². The van der Waals surface area contributed by atoms with Crippen LogP contribution in [0, 0.1) is 0 Å². The molecule has 1 aromatic carbocycles. The van der Waals surface area contributed by atoms with Crippen molar-refractivity contribution in [1.82, 2.24) is 4.90 Å². The summed E-state index contributed by atoms with van der Waals surface area (Å²) >= 11 is 5.72. The number of hydrogen-bond donors (Lipinski definition) is 0. The standard InChI is InChI=1S/C14H20ClN/c15-9-4-10-16-11-7-14(8-12-16)13-5-2-1-3-6-13/h1-3,5-6,14H,4,7-12H2.